The molecular weight excluding hydrogens is 282 g/mol. The Bertz CT molecular complexity index is 511. The van der Waals surface area contributed by atoms with Gasteiger partial charge in [0.15, 0.2) is 0 Å². The Morgan fingerprint density at radius 3 is 2.80 bits per heavy atom. The van der Waals surface area contributed by atoms with Crippen molar-refractivity contribution in [3.63, 3.8) is 0 Å². The maximum atomic E-state index is 12.1. The van der Waals surface area contributed by atoms with Gasteiger partial charge in [-0.1, -0.05) is 0 Å². The maximum absolute atomic E-state index is 12.1. The van der Waals surface area contributed by atoms with E-state index in [1.165, 1.54) is 16.7 Å². The largest absolute Gasteiger partial charge is 0.480 e. The molecule has 2 rings (SSSR count). The average molecular weight is 299 g/mol. The summed E-state index contributed by atoms with van der Waals surface area (Å²) in [6.07, 6.45) is 0. The molecule has 110 valence electrons. The van der Waals surface area contributed by atoms with Gasteiger partial charge in [0.1, 0.15) is 11.8 Å². The van der Waals surface area contributed by atoms with Crippen LogP contribution in [0.15, 0.2) is 4.42 Å². The third-order valence-corrected chi connectivity index (χ3v) is 4.42. The average Bonchev–Trinajstić information content (AvgIpc) is 2.90. The first-order valence-corrected chi connectivity index (χ1v) is 7.28. The zero-order chi connectivity index (χ0) is 14.9. The van der Waals surface area contributed by atoms with Crippen molar-refractivity contribution in [2.75, 3.05) is 5.75 Å². The fourth-order valence-corrected chi connectivity index (χ4v) is 3.17. The highest BCUT2D eigenvalue weighted by molar-refractivity contribution is 8.00. The number of hydrogen-bond acceptors (Lipinski definition) is 5. The Morgan fingerprint density at radius 1 is 1.55 bits per heavy atom. The Hall–Kier alpha value is -1.70. The van der Waals surface area contributed by atoms with E-state index in [1.54, 1.807) is 6.92 Å². The minimum Gasteiger partial charge on any atom is -0.480 e. The number of aliphatic carboxylic acids is 1. The van der Waals surface area contributed by atoms with Crippen LogP contribution in [0.2, 0.25) is 0 Å². The number of oxazole rings is 1. The molecule has 2 atom stereocenters. The zero-order valence-corrected chi connectivity index (χ0v) is 12.4. The van der Waals surface area contributed by atoms with Crippen LogP contribution in [0.5, 0.6) is 0 Å². The van der Waals surface area contributed by atoms with Gasteiger partial charge < -0.3 is 14.8 Å². The highest BCUT2D eigenvalue weighted by Gasteiger charge is 2.39. The van der Waals surface area contributed by atoms with Crippen molar-refractivity contribution in [3.05, 3.63) is 17.3 Å². The van der Waals surface area contributed by atoms with Crippen LogP contribution in [-0.2, 0) is 11.3 Å². The Labute approximate surface area is 120 Å². The Kier molecular flexibility index (Phi) is 4.22. The molecule has 0 aromatic carbocycles. The van der Waals surface area contributed by atoms with Crippen molar-refractivity contribution in [1.29, 1.82) is 0 Å². The molecule has 2 unspecified atom stereocenters. The summed E-state index contributed by atoms with van der Waals surface area (Å²) < 4.78 is 5.36. The van der Waals surface area contributed by atoms with E-state index in [0.717, 1.165) is 5.69 Å². The molecule has 1 saturated heterocycles. The number of aromatic nitrogens is 1. The first-order chi connectivity index (χ1) is 9.40. The number of urea groups is 1. The molecule has 20 heavy (non-hydrogen) atoms. The van der Waals surface area contributed by atoms with Crippen molar-refractivity contribution in [1.82, 2.24) is 15.2 Å². The molecule has 1 aliphatic rings. The summed E-state index contributed by atoms with van der Waals surface area (Å²) in [6.45, 7) is 5.58. The van der Waals surface area contributed by atoms with Gasteiger partial charge in [0.05, 0.1) is 17.6 Å². The summed E-state index contributed by atoms with van der Waals surface area (Å²) in [4.78, 5) is 28.7. The predicted octanol–water partition coefficient (Wildman–Crippen LogP) is 1.35. The van der Waals surface area contributed by atoms with Gasteiger partial charge in [0.2, 0.25) is 5.89 Å². The summed E-state index contributed by atoms with van der Waals surface area (Å²) >= 11 is 1.44. The zero-order valence-electron chi connectivity index (χ0n) is 11.5. The van der Waals surface area contributed by atoms with E-state index >= 15 is 0 Å². The van der Waals surface area contributed by atoms with Crippen molar-refractivity contribution >= 4 is 23.8 Å². The van der Waals surface area contributed by atoms with Gasteiger partial charge in [-0.2, -0.15) is 0 Å². The van der Waals surface area contributed by atoms with Crippen LogP contribution in [0, 0.1) is 13.8 Å². The highest BCUT2D eigenvalue weighted by Crippen LogP contribution is 2.28. The molecule has 1 aromatic rings. The van der Waals surface area contributed by atoms with Crippen molar-refractivity contribution in [3.8, 4) is 0 Å². The number of rotatable bonds is 3. The number of carboxylic acids is 1. The molecule has 0 aliphatic carbocycles. The van der Waals surface area contributed by atoms with Gasteiger partial charge in [-0.05, 0) is 20.8 Å². The minimum absolute atomic E-state index is 0.147. The quantitative estimate of drug-likeness (QED) is 0.874. The van der Waals surface area contributed by atoms with E-state index in [9.17, 15) is 9.59 Å². The number of aryl methyl sites for hydroxylation is 2. The van der Waals surface area contributed by atoms with Crippen LogP contribution in [0.3, 0.4) is 0 Å². The third-order valence-electron chi connectivity index (χ3n) is 3.21. The number of nitrogens with one attached hydrogen (secondary N) is 1. The predicted molar refractivity (Wildman–Crippen MR) is 73.4 cm³/mol. The lowest BCUT2D eigenvalue weighted by molar-refractivity contribution is -0.141. The third kappa shape index (κ3) is 2.90. The van der Waals surface area contributed by atoms with E-state index < -0.39 is 18.0 Å². The topological polar surface area (TPSA) is 95.7 Å². The van der Waals surface area contributed by atoms with Gasteiger partial charge >= 0.3 is 12.0 Å². The van der Waals surface area contributed by atoms with Gasteiger partial charge in [-0.15, -0.1) is 11.8 Å². The fraction of sp³-hybridized carbons (Fsp3) is 0.583. The highest BCUT2D eigenvalue weighted by atomic mass is 32.2. The Balaban J connectivity index is 1.98. The monoisotopic (exact) mass is 299 g/mol. The molecule has 2 N–H and O–H groups in total. The first kappa shape index (κ1) is 14.7. The second-order valence-corrected chi connectivity index (χ2v) is 5.95. The van der Waals surface area contributed by atoms with Gasteiger partial charge in [-0.3, -0.25) is 4.90 Å². The van der Waals surface area contributed by atoms with E-state index in [0.29, 0.717) is 17.4 Å². The van der Waals surface area contributed by atoms with Crippen LogP contribution in [0.25, 0.3) is 0 Å². The molecule has 2 heterocycles. The summed E-state index contributed by atoms with van der Waals surface area (Å²) in [5, 5.41) is 11.6. The number of thioether (sulfide) groups is 1. The molecule has 0 bridgehead atoms. The van der Waals surface area contributed by atoms with E-state index in [1.807, 2.05) is 13.8 Å². The normalized spacial score (nSPS) is 22.1. The standard InChI is InChI=1S/C12H17N3O4S/c1-6-7(2)19-10(14-6)4-13-12(18)15-8(3)20-5-9(15)11(16)17/h8-9H,4-5H2,1-3H3,(H,13,18)(H,16,17). The van der Waals surface area contributed by atoms with Crippen LogP contribution < -0.4 is 5.32 Å². The minimum atomic E-state index is -0.986. The lowest BCUT2D eigenvalue weighted by atomic mass is 10.3. The maximum Gasteiger partial charge on any atom is 0.327 e. The molecule has 1 aliphatic heterocycles. The lowest BCUT2D eigenvalue weighted by Gasteiger charge is -2.24. The number of carboxylic acid groups (broad SMARTS) is 1. The van der Waals surface area contributed by atoms with Gasteiger partial charge in [-0.25, -0.2) is 14.6 Å². The number of amides is 2. The molecule has 8 heteroatoms. The number of carbonyl (C=O) groups is 2. The molecule has 1 fully saturated rings. The molecule has 1 aromatic heterocycles. The summed E-state index contributed by atoms with van der Waals surface area (Å²) in [7, 11) is 0. The number of carbonyl (C=O) groups excluding carboxylic acids is 1. The summed E-state index contributed by atoms with van der Waals surface area (Å²) in [5.74, 6) is 0.545. The first-order valence-electron chi connectivity index (χ1n) is 6.23. The molecule has 0 radical (unpaired) electrons. The van der Waals surface area contributed by atoms with Crippen molar-refractivity contribution in [2.45, 2.75) is 38.7 Å². The Morgan fingerprint density at radius 2 is 2.25 bits per heavy atom. The molecule has 0 saturated carbocycles. The second kappa shape index (κ2) is 5.74. The van der Waals surface area contributed by atoms with Gasteiger partial charge in [0, 0.05) is 5.75 Å². The smallest absolute Gasteiger partial charge is 0.327 e. The SMILES string of the molecule is Cc1nc(CNC(=O)N2C(C)SCC2C(=O)O)oc1C. The van der Waals surface area contributed by atoms with E-state index in [4.69, 9.17) is 9.52 Å². The van der Waals surface area contributed by atoms with Crippen LogP contribution in [0.4, 0.5) is 4.79 Å². The van der Waals surface area contributed by atoms with Crippen LogP contribution >= 0.6 is 11.8 Å². The molecule has 7 nitrogen and oxygen atoms in total. The van der Waals surface area contributed by atoms with Gasteiger partial charge in [0.25, 0.3) is 0 Å². The molecule has 2 amide bonds. The fourth-order valence-electron chi connectivity index (χ4n) is 2.00. The van der Waals surface area contributed by atoms with Crippen molar-refractivity contribution in [2.24, 2.45) is 0 Å². The molecule has 0 spiro atoms. The number of nitrogens with zero attached hydrogens (tertiary/aromatic N) is 2. The van der Waals surface area contributed by atoms with Crippen LogP contribution in [0.1, 0.15) is 24.3 Å². The van der Waals surface area contributed by atoms with Crippen molar-refractivity contribution < 1.29 is 19.1 Å². The van der Waals surface area contributed by atoms with E-state index in [2.05, 4.69) is 10.3 Å². The summed E-state index contributed by atoms with van der Waals surface area (Å²) in [5.41, 5.74) is 0.780. The molecular formula is C12H17N3O4S. The second-order valence-electron chi connectivity index (χ2n) is 4.60. The number of hydrogen-bond donors (Lipinski definition) is 2. The van der Waals surface area contributed by atoms with E-state index in [-0.39, 0.29) is 11.9 Å². The van der Waals surface area contributed by atoms with Crippen LogP contribution in [-0.4, -0.2) is 44.2 Å². The summed E-state index contributed by atoms with van der Waals surface area (Å²) in [6, 6.07) is -1.20. The lowest BCUT2D eigenvalue weighted by Crippen LogP contribution is -2.49.